The molecule has 0 amide bonds. The van der Waals surface area contributed by atoms with E-state index in [4.69, 9.17) is 5.73 Å². The van der Waals surface area contributed by atoms with E-state index < -0.39 is 0 Å². The first-order valence-corrected chi connectivity index (χ1v) is 7.42. The lowest BCUT2D eigenvalue weighted by Gasteiger charge is -2.33. The fraction of sp³-hybridized carbons (Fsp3) is 0.625. The molecule has 1 aliphatic rings. The van der Waals surface area contributed by atoms with Crippen molar-refractivity contribution in [3.8, 4) is 0 Å². The number of rotatable bonds is 5. The molecule has 0 aliphatic carbocycles. The lowest BCUT2D eigenvalue weighted by Crippen LogP contribution is -2.38. The second kappa shape index (κ2) is 7.01. The molecule has 2 nitrogen and oxygen atoms in total. The van der Waals surface area contributed by atoms with Gasteiger partial charge >= 0.3 is 0 Å². The van der Waals surface area contributed by atoms with E-state index in [2.05, 4.69) is 11.8 Å². The van der Waals surface area contributed by atoms with Gasteiger partial charge in [-0.05, 0) is 49.5 Å². The number of hydrogen-bond donors (Lipinski definition) is 1. The highest BCUT2D eigenvalue weighted by molar-refractivity contribution is 5.20. The minimum absolute atomic E-state index is 0.0848. The minimum Gasteiger partial charge on any atom is -0.323 e. The molecule has 1 aromatic rings. The molecular weight excluding hydrogens is 239 g/mol. The van der Waals surface area contributed by atoms with Crippen molar-refractivity contribution in [2.75, 3.05) is 19.6 Å². The molecule has 3 heteroatoms. The molecule has 0 aromatic heterocycles. The molecule has 0 spiro atoms. The van der Waals surface area contributed by atoms with Gasteiger partial charge in [0.25, 0.3) is 0 Å². The number of nitrogens with zero attached hydrogens (tertiary/aromatic N) is 1. The largest absolute Gasteiger partial charge is 0.323 e. The minimum atomic E-state index is -0.199. The summed E-state index contributed by atoms with van der Waals surface area (Å²) in [7, 11) is 0. The normalized spacial score (nSPS) is 19.5. The average molecular weight is 264 g/mol. The summed E-state index contributed by atoms with van der Waals surface area (Å²) in [4.78, 5) is 2.42. The van der Waals surface area contributed by atoms with Gasteiger partial charge in [-0.2, -0.15) is 0 Å². The number of likely N-dealkylation sites (tertiary alicyclic amines) is 1. The van der Waals surface area contributed by atoms with Crippen molar-refractivity contribution >= 4 is 0 Å². The fourth-order valence-electron chi connectivity index (χ4n) is 2.99. The van der Waals surface area contributed by atoms with E-state index in [-0.39, 0.29) is 11.9 Å². The van der Waals surface area contributed by atoms with Crippen LogP contribution in [0.5, 0.6) is 0 Å². The van der Waals surface area contributed by atoms with Crippen molar-refractivity contribution in [1.82, 2.24) is 4.90 Å². The SMILES string of the molecule is CCCC1CCN(CC(N)c2cccc(F)c2)CC1. The van der Waals surface area contributed by atoms with E-state index in [0.717, 1.165) is 31.1 Å². The summed E-state index contributed by atoms with van der Waals surface area (Å²) < 4.78 is 13.2. The van der Waals surface area contributed by atoms with Crippen LogP contribution in [0.4, 0.5) is 4.39 Å². The molecular formula is C16H25FN2. The van der Waals surface area contributed by atoms with E-state index in [1.807, 2.05) is 6.07 Å². The fourth-order valence-corrected chi connectivity index (χ4v) is 2.99. The van der Waals surface area contributed by atoms with Gasteiger partial charge < -0.3 is 10.6 Å². The van der Waals surface area contributed by atoms with Gasteiger partial charge in [-0.1, -0.05) is 31.9 Å². The number of hydrogen-bond acceptors (Lipinski definition) is 2. The van der Waals surface area contributed by atoms with Gasteiger partial charge in [0.2, 0.25) is 0 Å². The highest BCUT2D eigenvalue weighted by atomic mass is 19.1. The standard InChI is InChI=1S/C16H25FN2/c1-2-4-13-7-9-19(10-8-13)12-16(18)14-5-3-6-15(17)11-14/h3,5-6,11,13,16H,2,4,7-10,12,18H2,1H3. The van der Waals surface area contributed by atoms with Gasteiger partial charge in [0, 0.05) is 12.6 Å². The second-order valence-electron chi connectivity index (χ2n) is 5.69. The lowest BCUT2D eigenvalue weighted by molar-refractivity contribution is 0.170. The summed E-state index contributed by atoms with van der Waals surface area (Å²) in [6.45, 7) is 5.36. The molecule has 1 aromatic carbocycles. The van der Waals surface area contributed by atoms with Crippen LogP contribution in [0.25, 0.3) is 0 Å². The number of nitrogens with two attached hydrogens (primary N) is 1. The molecule has 1 heterocycles. The quantitative estimate of drug-likeness (QED) is 0.884. The van der Waals surface area contributed by atoms with Crippen LogP contribution < -0.4 is 5.73 Å². The Bertz CT molecular complexity index is 386. The van der Waals surface area contributed by atoms with E-state index in [1.165, 1.54) is 31.7 Å². The number of benzene rings is 1. The van der Waals surface area contributed by atoms with Gasteiger partial charge in [0.1, 0.15) is 5.82 Å². The van der Waals surface area contributed by atoms with Gasteiger partial charge in [-0.3, -0.25) is 0 Å². The number of halogens is 1. The van der Waals surface area contributed by atoms with Crippen LogP contribution in [0.3, 0.4) is 0 Å². The zero-order chi connectivity index (χ0) is 13.7. The molecule has 0 bridgehead atoms. The van der Waals surface area contributed by atoms with Crippen molar-refractivity contribution in [2.24, 2.45) is 11.7 Å². The molecule has 106 valence electrons. The van der Waals surface area contributed by atoms with Crippen molar-refractivity contribution in [3.63, 3.8) is 0 Å². The zero-order valence-corrected chi connectivity index (χ0v) is 11.8. The summed E-state index contributed by atoms with van der Waals surface area (Å²) in [5, 5.41) is 0. The molecule has 0 radical (unpaired) electrons. The third kappa shape index (κ3) is 4.29. The molecule has 1 atom stereocenters. The third-order valence-corrected chi connectivity index (χ3v) is 4.14. The molecule has 1 fully saturated rings. The first-order chi connectivity index (χ1) is 9.19. The Hall–Kier alpha value is -0.930. The van der Waals surface area contributed by atoms with Crippen LogP contribution in [0.1, 0.15) is 44.2 Å². The van der Waals surface area contributed by atoms with Crippen LogP contribution >= 0.6 is 0 Å². The maximum absolute atomic E-state index is 13.2. The predicted octanol–water partition coefficient (Wildman–Crippen LogP) is 3.34. The average Bonchev–Trinajstić information content (AvgIpc) is 2.41. The predicted molar refractivity (Wildman–Crippen MR) is 77.4 cm³/mol. The first-order valence-electron chi connectivity index (χ1n) is 7.42. The van der Waals surface area contributed by atoms with E-state index in [9.17, 15) is 4.39 Å². The van der Waals surface area contributed by atoms with Gasteiger partial charge in [-0.25, -0.2) is 4.39 Å². The van der Waals surface area contributed by atoms with Crippen LogP contribution in [-0.2, 0) is 0 Å². The van der Waals surface area contributed by atoms with E-state index in [0.29, 0.717) is 0 Å². The van der Waals surface area contributed by atoms with Gasteiger partial charge in [0.05, 0.1) is 0 Å². The van der Waals surface area contributed by atoms with Crippen molar-refractivity contribution in [1.29, 1.82) is 0 Å². The van der Waals surface area contributed by atoms with Crippen LogP contribution in [0.2, 0.25) is 0 Å². The van der Waals surface area contributed by atoms with E-state index >= 15 is 0 Å². The monoisotopic (exact) mass is 264 g/mol. The molecule has 0 saturated carbocycles. The number of piperidine rings is 1. The smallest absolute Gasteiger partial charge is 0.123 e. The summed E-state index contributed by atoms with van der Waals surface area (Å²) in [6, 6.07) is 6.58. The molecule has 1 saturated heterocycles. The third-order valence-electron chi connectivity index (χ3n) is 4.14. The Morgan fingerprint density at radius 1 is 1.37 bits per heavy atom. The molecule has 2 N–H and O–H groups in total. The maximum atomic E-state index is 13.2. The highest BCUT2D eigenvalue weighted by Crippen LogP contribution is 2.23. The summed E-state index contributed by atoms with van der Waals surface area (Å²) in [6.07, 6.45) is 5.20. The maximum Gasteiger partial charge on any atom is 0.123 e. The van der Waals surface area contributed by atoms with Gasteiger partial charge in [-0.15, -0.1) is 0 Å². The Kier molecular flexibility index (Phi) is 5.34. The lowest BCUT2D eigenvalue weighted by atomic mass is 9.92. The Morgan fingerprint density at radius 2 is 2.11 bits per heavy atom. The Labute approximate surface area is 115 Å². The van der Waals surface area contributed by atoms with Crippen LogP contribution in [0, 0.1) is 11.7 Å². The molecule has 2 rings (SSSR count). The summed E-state index contributed by atoms with van der Waals surface area (Å²) in [5.41, 5.74) is 7.08. The first kappa shape index (κ1) is 14.5. The summed E-state index contributed by atoms with van der Waals surface area (Å²) >= 11 is 0. The van der Waals surface area contributed by atoms with Gasteiger partial charge in [0.15, 0.2) is 0 Å². The highest BCUT2D eigenvalue weighted by Gasteiger charge is 2.20. The van der Waals surface area contributed by atoms with Crippen LogP contribution in [0.15, 0.2) is 24.3 Å². The van der Waals surface area contributed by atoms with Crippen molar-refractivity contribution in [3.05, 3.63) is 35.6 Å². The molecule has 1 aliphatic heterocycles. The second-order valence-corrected chi connectivity index (χ2v) is 5.69. The molecule has 19 heavy (non-hydrogen) atoms. The van der Waals surface area contributed by atoms with E-state index in [1.54, 1.807) is 12.1 Å². The van der Waals surface area contributed by atoms with Crippen LogP contribution in [-0.4, -0.2) is 24.5 Å². The Balaban J connectivity index is 1.82. The Morgan fingerprint density at radius 3 is 2.74 bits per heavy atom. The zero-order valence-electron chi connectivity index (χ0n) is 11.8. The van der Waals surface area contributed by atoms with Crippen molar-refractivity contribution < 1.29 is 4.39 Å². The topological polar surface area (TPSA) is 29.3 Å². The van der Waals surface area contributed by atoms with Crippen molar-refractivity contribution in [2.45, 2.75) is 38.6 Å². The summed E-state index contributed by atoms with van der Waals surface area (Å²) in [5.74, 6) is 0.696. The molecule has 1 unspecified atom stereocenters.